The number of ether oxygens (including phenoxy) is 2. The van der Waals surface area contributed by atoms with Crippen LogP contribution in [0.4, 0.5) is 5.69 Å². The van der Waals surface area contributed by atoms with E-state index < -0.39 is 16.1 Å². The molecule has 10 nitrogen and oxygen atoms in total. The van der Waals surface area contributed by atoms with Crippen LogP contribution in [0.5, 0.6) is 5.75 Å². The second-order valence-corrected chi connectivity index (χ2v) is 12.6. The Balaban J connectivity index is 0.00000368. The van der Waals surface area contributed by atoms with Gasteiger partial charge in [-0.3, -0.25) is 9.59 Å². The third-order valence-corrected chi connectivity index (χ3v) is 9.97. The summed E-state index contributed by atoms with van der Waals surface area (Å²) in [6.45, 7) is 3.29. The maximum absolute atomic E-state index is 13.3. The highest BCUT2D eigenvalue weighted by Gasteiger charge is 2.38. The predicted octanol–water partition coefficient (Wildman–Crippen LogP) is 3.23. The molecule has 3 aliphatic rings. The molecule has 0 spiro atoms. The van der Waals surface area contributed by atoms with Crippen molar-refractivity contribution in [3.8, 4) is 5.75 Å². The van der Waals surface area contributed by atoms with Gasteiger partial charge in [-0.25, -0.2) is 8.42 Å². The lowest BCUT2D eigenvalue weighted by Gasteiger charge is -2.35. The number of fused-ring (bicyclic) bond motifs is 1. The quantitative estimate of drug-likeness (QED) is 0.449. The van der Waals surface area contributed by atoms with Crippen LogP contribution in [-0.2, 0) is 32.7 Å². The van der Waals surface area contributed by atoms with Gasteiger partial charge in [-0.2, -0.15) is 4.31 Å². The summed E-state index contributed by atoms with van der Waals surface area (Å²) in [5, 5.41) is 2.73. The molecule has 3 aromatic rings. The minimum absolute atomic E-state index is 0. The van der Waals surface area contributed by atoms with Crippen LogP contribution >= 0.6 is 0 Å². The Morgan fingerprint density at radius 2 is 1.69 bits per heavy atom. The summed E-state index contributed by atoms with van der Waals surface area (Å²) >= 11 is 0. The summed E-state index contributed by atoms with van der Waals surface area (Å²) in [5.41, 5.74) is 3.19. The first kappa shape index (κ1) is 28.2. The number of piperazine rings is 1. The smallest absolute Gasteiger partial charge is 0.255 e. The lowest BCUT2D eigenvalue weighted by atomic mass is 10.1. The third-order valence-electron chi connectivity index (χ3n) is 8.06. The molecule has 2 saturated heterocycles. The Hall–Kier alpha value is -3.93. The molecule has 2 fully saturated rings. The Bertz CT molecular complexity index is 1550. The summed E-state index contributed by atoms with van der Waals surface area (Å²) in [6.07, 6.45) is 1.22. The predicted molar refractivity (Wildman–Crippen MR) is 159 cm³/mol. The van der Waals surface area contributed by atoms with E-state index in [4.69, 9.17) is 9.47 Å². The molecule has 2 amide bonds. The number of benzene rings is 3. The van der Waals surface area contributed by atoms with Crippen LogP contribution in [0.2, 0.25) is 0 Å². The summed E-state index contributed by atoms with van der Waals surface area (Å²) in [4.78, 5) is 29.9. The van der Waals surface area contributed by atoms with Gasteiger partial charge in [0, 0.05) is 51.0 Å². The SMILES string of the molecule is O=C1NCOCCCC1N1Cc2c(OCc3ccc(S(=O)(=O)N4CCN(c5ccccc5)CC4)cc3)cccc2C1=O.[HH]. The van der Waals surface area contributed by atoms with E-state index in [1.165, 1.54) is 4.31 Å². The number of carbonyl (C=O) groups is 2. The molecule has 3 heterocycles. The van der Waals surface area contributed by atoms with Gasteiger partial charge < -0.3 is 24.6 Å². The van der Waals surface area contributed by atoms with Gasteiger partial charge in [0.15, 0.2) is 0 Å². The van der Waals surface area contributed by atoms with Gasteiger partial charge in [-0.05, 0) is 54.8 Å². The maximum atomic E-state index is 13.3. The second kappa shape index (κ2) is 12.1. The van der Waals surface area contributed by atoms with Crippen LogP contribution in [0.3, 0.4) is 0 Å². The first-order chi connectivity index (χ1) is 20.4. The Kier molecular flexibility index (Phi) is 8.14. The maximum Gasteiger partial charge on any atom is 0.255 e. The third kappa shape index (κ3) is 5.72. The van der Waals surface area contributed by atoms with Crippen molar-refractivity contribution in [2.24, 2.45) is 0 Å². The van der Waals surface area contributed by atoms with Crippen molar-refractivity contribution >= 4 is 27.5 Å². The molecular formula is C31H36N4O6S. The van der Waals surface area contributed by atoms with Gasteiger partial charge in [-0.1, -0.05) is 36.4 Å². The Morgan fingerprint density at radius 1 is 0.929 bits per heavy atom. The normalized spacial score (nSPS) is 20.0. The van der Waals surface area contributed by atoms with Crippen LogP contribution in [-0.4, -0.2) is 75.0 Å². The fourth-order valence-corrected chi connectivity index (χ4v) is 7.15. The van der Waals surface area contributed by atoms with Crippen molar-refractivity contribution in [1.82, 2.24) is 14.5 Å². The first-order valence-corrected chi connectivity index (χ1v) is 15.7. The molecule has 0 saturated carbocycles. The van der Waals surface area contributed by atoms with E-state index >= 15 is 0 Å². The first-order valence-electron chi connectivity index (χ1n) is 14.2. The number of nitrogens with one attached hydrogen (secondary N) is 1. The van der Waals surface area contributed by atoms with Crippen LogP contribution in [0.15, 0.2) is 77.7 Å². The number of amides is 2. The van der Waals surface area contributed by atoms with Crippen LogP contribution in [0.1, 0.15) is 35.8 Å². The molecule has 1 N–H and O–H groups in total. The topological polar surface area (TPSA) is 108 Å². The number of anilines is 1. The van der Waals surface area contributed by atoms with E-state index in [0.717, 1.165) is 16.8 Å². The van der Waals surface area contributed by atoms with Crippen molar-refractivity contribution in [3.05, 3.63) is 89.5 Å². The molecule has 222 valence electrons. The number of para-hydroxylation sites is 1. The van der Waals surface area contributed by atoms with E-state index in [1.807, 2.05) is 36.4 Å². The van der Waals surface area contributed by atoms with Crippen LogP contribution < -0.4 is 15.0 Å². The van der Waals surface area contributed by atoms with Gasteiger partial charge in [0.1, 0.15) is 25.1 Å². The number of hydrogen-bond acceptors (Lipinski definition) is 7. The number of sulfonamides is 1. The highest BCUT2D eigenvalue weighted by molar-refractivity contribution is 7.89. The number of hydrogen-bond donors (Lipinski definition) is 1. The molecular weight excluding hydrogens is 556 g/mol. The number of rotatable bonds is 7. The zero-order valence-electron chi connectivity index (χ0n) is 23.3. The summed E-state index contributed by atoms with van der Waals surface area (Å²) < 4.78 is 39.6. The fraction of sp³-hybridized carbons (Fsp3) is 0.355. The minimum Gasteiger partial charge on any atom is -0.489 e. The zero-order chi connectivity index (χ0) is 29.1. The molecule has 0 radical (unpaired) electrons. The summed E-state index contributed by atoms with van der Waals surface area (Å²) in [5.74, 6) is 0.175. The second-order valence-electron chi connectivity index (χ2n) is 10.6. The van der Waals surface area contributed by atoms with E-state index in [9.17, 15) is 18.0 Å². The number of carbonyl (C=O) groups excluding carboxylic acids is 2. The van der Waals surface area contributed by atoms with E-state index in [-0.39, 0.29) is 38.0 Å². The van der Waals surface area contributed by atoms with Gasteiger partial charge in [0.25, 0.3) is 5.91 Å². The highest BCUT2D eigenvalue weighted by atomic mass is 32.2. The molecule has 1 unspecified atom stereocenters. The van der Waals surface area contributed by atoms with Crippen molar-refractivity contribution in [1.29, 1.82) is 0 Å². The molecule has 3 aliphatic heterocycles. The highest BCUT2D eigenvalue weighted by Crippen LogP contribution is 2.34. The summed E-state index contributed by atoms with van der Waals surface area (Å²) in [7, 11) is -3.61. The molecule has 0 aliphatic carbocycles. The van der Waals surface area contributed by atoms with E-state index in [0.29, 0.717) is 56.9 Å². The van der Waals surface area contributed by atoms with Gasteiger partial charge in [0.2, 0.25) is 15.9 Å². The Morgan fingerprint density at radius 3 is 2.45 bits per heavy atom. The number of nitrogens with zero attached hydrogens (tertiary/aromatic N) is 3. The molecule has 0 bridgehead atoms. The lowest BCUT2D eigenvalue weighted by Crippen LogP contribution is -2.48. The largest absolute Gasteiger partial charge is 0.489 e. The van der Waals surface area contributed by atoms with Gasteiger partial charge in [0.05, 0.1) is 11.4 Å². The fourth-order valence-electron chi connectivity index (χ4n) is 5.73. The standard InChI is InChI=1S/C31H34N4O6S.H2/c36-30-28(9-5-19-40-22-32-30)35-20-27-26(31(35)37)8-4-10-29(27)41-21-23-11-13-25(14-12-23)42(38,39)34-17-15-33(16-18-34)24-6-2-1-3-7-24;/h1-4,6-8,10-14,28H,5,9,15-22H2,(H,32,36);1H. The molecule has 6 rings (SSSR count). The van der Waals surface area contributed by atoms with Crippen LogP contribution in [0.25, 0.3) is 0 Å². The average Bonchev–Trinajstić information content (AvgIpc) is 3.35. The zero-order valence-corrected chi connectivity index (χ0v) is 24.1. The van der Waals surface area contributed by atoms with Crippen molar-refractivity contribution < 1.29 is 28.9 Å². The molecule has 0 aromatic heterocycles. The van der Waals surface area contributed by atoms with Crippen molar-refractivity contribution in [2.75, 3.05) is 44.4 Å². The van der Waals surface area contributed by atoms with E-state index in [1.54, 1.807) is 41.3 Å². The van der Waals surface area contributed by atoms with Gasteiger partial charge in [-0.15, -0.1) is 0 Å². The van der Waals surface area contributed by atoms with Crippen molar-refractivity contribution in [2.45, 2.75) is 36.9 Å². The summed E-state index contributed by atoms with van der Waals surface area (Å²) in [6, 6.07) is 21.6. The van der Waals surface area contributed by atoms with E-state index in [2.05, 4.69) is 10.2 Å². The average molecular weight is 593 g/mol. The molecule has 42 heavy (non-hydrogen) atoms. The van der Waals surface area contributed by atoms with Crippen molar-refractivity contribution in [3.63, 3.8) is 0 Å². The monoisotopic (exact) mass is 592 g/mol. The lowest BCUT2D eigenvalue weighted by molar-refractivity contribution is -0.129. The Labute approximate surface area is 247 Å². The molecule has 3 aromatic carbocycles. The van der Waals surface area contributed by atoms with Crippen LogP contribution in [0, 0.1) is 0 Å². The minimum atomic E-state index is -3.61. The molecule has 11 heteroatoms. The van der Waals surface area contributed by atoms with Gasteiger partial charge >= 0.3 is 0 Å². The molecule has 1 atom stereocenters.